The molecule has 2 N–H and O–H groups in total. The topological polar surface area (TPSA) is 74.9 Å². The second-order valence-electron chi connectivity index (χ2n) is 7.41. The summed E-state index contributed by atoms with van der Waals surface area (Å²) < 4.78 is 7.73. The van der Waals surface area contributed by atoms with E-state index in [1.807, 2.05) is 19.4 Å². The van der Waals surface area contributed by atoms with Crippen molar-refractivity contribution >= 4 is 29.9 Å². The molecule has 1 aliphatic carbocycles. The van der Waals surface area contributed by atoms with Crippen molar-refractivity contribution < 1.29 is 9.84 Å². The van der Waals surface area contributed by atoms with Gasteiger partial charge in [-0.2, -0.15) is 5.10 Å². The van der Waals surface area contributed by atoms with Crippen LogP contribution in [0.15, 0.2) is 17.4 Å². The maximum Gasteiger partial charge on any atom is 0.194 e. The van der Waals surface area contributed by atoms with E-state index in [0.29, 0.717) is 19.1 Å². The third kappa shape index (κ3) is 6.32. The van der Waals surface area contributed by atoms with Crippen LogP contribution in [0.1, 0.15) is 50.7 Å². The van der Waals surface area contributed by atoms with Crippen LogP contribution in [-0.2, 0) is 11.8 Å². The molecule has 27 heavy (non-hydrogen) atoms. The predicted molar refractivity (Wildman–Crippen MR) is 117 cm³/mol. The zero-order valence-corrected chi connectivity index (χ0v) is 18.8. The average Bonchev–Trinajstić information content (AvgIpc) is 3.12. The fourth-order valence-electron chi connectivity index (χ4n) is 3.92. The number of nitrogens with one attached hydrogen (secondary N) is 1. The molecule has 1 aromatic rings. The van der Waals surface area contributed by atoms with Gasteiger partial charge in [0.15, 0.2) is 5.96 Å². The van der Waals surface area contributed by atoms with Crippen molar-refractivity contribution in [3.63, 3.8) is 0 Å². The Kier molecular flexibility index (Phi) is 9.31. The maximum atomic E-state index is 10.5. The molecule has 1 saturated carbocycles. The number of morpholine rings is 1. The van der Waals surface area contributed by atoms with Crippen LogP contribution in [0.25, 0.3) is 0 Å². The molecule has 1 saturated heterocycles. The standard InChI is InChI=1S/C19H33N5O2.HI/c1-3-20-19(21-12-17(25)15-7-5-4-6-8-15)24-9-10-26-18(14-24)16-11-22-23(2)13-16;/h11,13,15,17-18,25H,3-10,12,14H2,1-2H3,(H,20,21);1H. The molecule has 0 spiro atoms. The Hall–Kier alpha value is -0.870. The Balaban J connectivity index is 0.00000261. The van der Waals surface area contributed by atoms with E-state index in [1.54, 1.807) is 4.68 Å². The van der Waals surface area contributed by atoms with Crippen molar-refractivity contribution in [1.29, 1.82) is 0 Å². The second kappa shape index (κ2) is 11.2. The van der Waals surface area contributed by atoms with Crippen molar-refractivity contribution in [1.82, 2.24) is 20.0 Å². The molecule has 8 heteroatoms. The minimum atomic E-state index is -0.334. The van der Waals surface area contributed by atoms with E-state index in [2.05, 4.69) is 22.2 Å². The normalized spacial score (nSPS) is 23.0. The number of guanidine groups is 1. The van der Waals surface area contributed by atoms with Crippen LogP contribution in [0.3, 0.4) is 0 Å². The molecule has 7 nitrogen and oxygen atoms in total. The smallest absolute Gasteiger partial charge is 0.194 e. The first-order valence-electron chi connectivity index (χ1n) is 9.99. The van der Waals surface area contributed by atoms with E-state index in [-0.39, 0.29) is 36.2 Å². The Morgan fingerprint density at radius 1 is 1.41 bits per heavy atom. The lowest BCUT2D eigenvalue weighted by atomic mass is 9.85. The molecule has 0 bridgehead atoms. The van der Waals surface area contributed by atoms with Crippen LogP contribution in [-0.4, -0.2) is 64.6 Å². The molecule has 2 unspecified atom stereocenters. The number of ether oxygens (including phenoxy) is 1. The highest BCUT2D eigenvalue weighted by atomic mass is 127. The number of aryl methyl sites for hydroxylation is 1. The third-order valence-electron chi connectivity index (χ3n) is 5.42. The zero-order valence-electron chi connectivity index (χ0n) is 16.5. The number of hydrogen-bond acceptors (Lipinski definition) is 4. The molecule has 3 rings (SSSR count). The van der Waals surface area contributed by atoms with Crippen LogP contribution < -0.4 is 5.32 Å². The van der Waals surface area contributed by atoms with Gasteiger partial charge >= 0.3 is 0 Å². The van der Waals surface area contributed by atoms with Crippen LogP contribution >= 0.6 is 24.0 Å². The van der Waals surface area contributed by atoms with Crippen LogP contribution in [0.4, 0.5) is 0 Å². The number of rotatable bonds is 5. The van der Waals surface area contributed by atoms with Gasteiger partial charge in [-0.15, -0.1) is 24.0 Å². The maximum absolute atomic E-state index is 10.5. The first-order valence-corrected chi connectivity index (χ1v) is 9.99. The SMILES string of the molecule is CCNC(=NCC(O)C1CCCCC1)N1CCOC(c2cnn(C)c2)C1.I. The molecular formula is C19H34IN5O2. The van der Waals surface area contributed by atoms with E-state index < -0.39 is 0 Å². The van der Waals surface area contributed by atoms with Crippen molar-refractivity contribution in [2.75, 3.05) is 32.8 Å². The molecule has 154 valence electrons. The van der Waals surface area contributed by atoms with Crippen molar-refractivity contribution in [2.24, 2.45) is 18.0 Å². The molecule has 0 radical (unpaired) electrons. The molecule has 1 aliphatic heterocycles. The van der Waals surface area contributed by atoms with Gasteiger partial charge in [-0.25, -0.2) is 0 Å². The summed E-state index contributed by atoms with van der Waals surface area (Å²) in [5.41, 5.74) is 1.09. The summed E-state index contributed by atoms with van der Waals surface area (Å²) in [7, 11) is 1.92. The number of nitrogens with zero attached hydrogens (tertiary/aromatic N) is 4. The zero-order chi connectivity index (χ0) is 18.4. The molecule has 0 aromatic carbocycles. The van der Waals surface area contributed by atoms with Crippen LogP contribution in [0.2, 0.25) is 0 Å². The fourth-order valence-corrected chi connectivity index (χ4v) is 3.92. The number of aliphatic hydroxyl groups is 1. The van der Waals surface area contributed by atoms with Gasteiger partial charge in [0, 0.05) is 31.9 Å². The fraction of sp³-hybridized carbons (Fsp3) is 0.789. The summed E-state index contributed by atoms with van der Waals surface area (Å²) in [5, 5.41) is 18.2. The van der Waals surface area contributed by atoms with Gasteiger partial charge in [-0.3, -0.25) is 9.67 Å². The van der Waals surface area contributed by atoms with Gasteiger partial charge in [0.05, 0.1) is 32.0 Å². The average molecular weight is 491 g/mol. The summed E-state index contributed by atoms with van der Waals surface area (Å²) in [5.74, 6) is 1.28. The van der Waals surface area contributed by atoms with Crippen molar-refractivity contribution in [3.05, 3.63) is 18.0 Å². The first kappa shape index (κ1) is 22.4. The highest BCUT2D eigenvalue weighted by Gasteiger charge is 2.26. The van der Waals surface area contributed by atoms with E-state index >= 15 is 0 Å². The summed E-state index contributed by atoms with van der Waals surface area (Å²) >= 11 is 0. The number of aliphatic imine (C=N–C) groups is 1. The highest BCUT2D eigenvalue weighted by Crippen LogP contribution is 2.27. The number of aromatic nitrogens is 2. The predicted octanol–water partition coefficient (Wildman–Crippen LogP) is 2.32. The summed E-state index contributed by atoms with van der Waals surface area (Å²) in [4.78, 5) is 6.99. The Bertz CT molecular complexity index is 588. The summed E-state index contributed by atoms with van der Waals surface area (Å²) in [6, 6.07) is 0. The molecule has 2 aliphatic rings. The van der Waals surface area contributed by atoms with Crippen molar-refractivity contribution in [3.8, 4) is 0 Å². The Morgan fingerprint density at radius 2 is 2.19 bits per heavy atom. The molecule has 0 amide bonds. The van der Waals surface area contributed by atoms with Crippen LogP contribution in [0.5, 0.6) is 0 Å². The van der Waals surface area contributed by atoms with E-state index in [0.717, 1.165) is 44.0 Å². The third-order valence-corrected chi connectivity index (χ3v) is 5.42. The van der Waals surface area contributed by atoms with Gasteiger partial charge < -0.3 is 20.1 Å². The number of aliphatic hydroxyl groups excluding tert-OH is 1. The van der Waals surface area contributed by atoms with Gasteiger partial charge in [-0.05, 0) is 25.7 Å². The monoisotopic (exact) mass is 491 g/mol. The van der Waals surface area contributed by atoms with Crippen molar-refractivity contribution in [2.45, 2.75) is 51.2 Å². The van der Waals surface area contributed by atoms with Gasteiger partial charge in [-0.1, -0.05) is 19.3 Å². The van der Waals surface area contributed by atoms with Gasteiger partial charge in [0.25, 0.3) is 0 Å². The minimum Gasteiger partial charge on any atom is -0.391 e. The second-order valence-corrected chi connectivity index (χ2v) is 7.41. The Labute approximate surface area is 179 Å². The van der Waals surface area contributed by atoms with E-state index in [4.69, 9.17) is 9.73 Å². The Morgan fingerprint density at radius 3 is 2.85 bits per heavy atom. The van der Waals surface area contributed by atoms with Gasteiger partial charge in [0.2, 0.25) is 0 Å². The molecule has 2 fully saturated rings. The first-order chi connectivity index (χ1) is 12.7. The quantitative estimate of drug-likeness (QED) is 0.376. The summed E-state index contributed by atoms with van der Waals surface area (Å²) in [6.07, 6.45) is 9.59. The lowest BCUT2D eigenvalue weighted by Crippen LogP contribution is -2.48. The number of halogens is 1. The lowest BCUT2D eigenvalue weighted by Gasteiger charge is -2.35. The molecular weight excluding hydrogens is 457 g/mol. The molecule has 1 aromatic heterocycles. The van der Waals surface area contributed by atoms with Gasteiger partial charge in [0.1, 0.15) is 6.10 Å². The molecule has 2 heterocycles. The molecule has 2 atom stereocenters. The highest BCUT2D eigenvalue weighted by molar-refractivity contribution is 14.0. The minimum absolute atomic E-state index is 0. The summed E-state index contributed by atoms with van der Waals surface area (Å²) in [6.45, 7) is 5.58. The van der Waals surface area contributed by atoms with E-state index in [1.165, 1.54) is 19.3 Å². The number of hydrogen-bond donors (Lipinski definition) is 2. The van der Waals surface area contributed by atoms with Crippen LogP contribution in [0, 0.1) is 5.92 Å². The largest absolute Gasteiger partial charge is 0.391 e. The lowest BCUT2D eigenvalue weighted by molar-refractivity contribution is -0.00818. The van der Waals surface area contributed by atoms with E-state index in [9.17, 15) is 5.11 Å².